The fraction of sp³-hybridized carbons (Fsp3) is 1.00. The second kappa shape index (κ2) is 6.02. The van der Waals surface area contributed by atoms with Gasteiger partial charge in [0.2, 0.25) is 0 Å². The van der Waals surface area contributed by atoms with E-state index < -0.39 is 0 Å². The van der Waals surface area contributed by atoms with Gasteiger partial charge in [0.25, 0.3) is 0 Å². The Morgan fingerprint density at radius 3 is 2.23 bits per heavy atom. The van der Waals surface area contributed by atoms with Gasteiger partial charge in [-0.1, -0.05) is 36.2 Å². The van der Waals surface area contributed by atoms with Crippen molar-refractivity contribution in [2.75, 3.05) is 11.9 Å². The Labute approximate surface area is 91.0 Å². The minimum absolute atomic E-state index is 0.822. The quantitative estimate of drug-likeness (QED) is 0.651. The van der Waals surface area contributed by atoms with E-state index in [4.69, 9.17) is 0 Å². The third kappa shape index (κ3) is 2.95. The van der Waals surface area contributed by atoms with Crippen molar-refractivity contribution in [2.45, 2.75) is 58.0 Å². The first-order valence-electron chi connectivity index (χ1n) is 5.65. The van der Waals surface area contributed by atoms with Gasteiger partial charge < -0.3 is 0 Å². The predicted molar refractivity (Wildman–Crippen MR) is 62.5 cm³/mol. The van der Waals surface area contributed by atoms with E-state index in [1.807, 2.05) is 0 Å². The topological polar surface area (TPSA) is 3.24 Å². The van der Waals surface area contributed by atoms with Crippen LogP contribution in [-0.4, -0.2) is 28.9 Å². The van der Waals surface area contributed by atoms with E-state index in [1.165, 1.54) is 38.6 Å². The van der Waals surface area contributed by atoms with Crippen LogP contribution < -0.4 is 0 Å². The molecule has 0 aromatic carbocycles. The Bertz CT molecular complexity index is 130. The number of rotatable bonds is 6. The Morgan fingerprint density at radius 2 is 1.92 bits per heavy atom. The molecule has 0 saturated heterocycles. The first kappa shape index (κ1) is 11.5. The molecule has 0 aliphatic heterocycles. The number of alkyl halides is 1. The highest BCUT2D eigenvalue weighted by atomic mass is 79.9. The molecule has 2 heteroatoms. The van der Waals surface area contributed by atoms with Crippen LogP contribution in [0.1, 0.15) is 46.0 Å². The first-order valence-corrected chi connectivity index (χ1v) is 6.77. The van der Waals surface area contributed by atoms with Crippen molar-refractivity contribution in [3.05, 3.63) is 0 Å². The molecule has 1 fully saturated rings. The van der Waals surface area contributed by atoms with Crippen LogP contribution in [0.2, 0.25) is 0 Å². The molecule has 0 bridgehead atoms. The largest absolute Gasteiger partial charge is 0.297 e. The lowest BCUT2D eigenvalue weighted by molar-refractivity contribution is 0.0821. The van der Waals surface area contributed by atoms with Gasteiger partial charge in [-0.15, -0.1) is 0 Å². The smallest absolute Gasteiger partial charge is 0.0159 e. The molecule has 0 heterocycles. The molecule has 0 N–H and O–H groups in total. The van der Waals surface area contributed by atoms with Crippen molar-refractivity contribution in [3.8, 4) is 0 Å². The summed E-state index contributed by atoms with van der Waals surface area (Å²) in [4.78, 5) is 2.72. The zero-order valence-electron chi connectivity index (χ0n) is 8.93. The Morgan fingerprint density at radius 1 is 1.31 bits per heavy atom. The first-order chi connectivity index (χ1) is 6.33. The van der Waals surface area contributed by atoms with Crippen molar-refractivity contribution in [2.24, 2.45) is 0 Å². The lowest BCUT2D eigenvalue weighted by Gasteiger charge is -2.42. The summed E-state index contributed by atoms with van der Waals surface area (Å²) in [6.07, 6.45) is 6.93. The summed E-state index contributed by atoms with van der Waals surface area (Å²) in [5, 5.41) is 1.12. The van der Waals surface area contributed by atoms with Gasteiger partial charge >= 0.3 is 0 Å². The van der Waals surface area contributed by atoms with Crippen LogP contribution in [0, 0.1) is 0 Å². The zero-order valence-corrected chi connectivity index (χ0v) is 10.5. The second-order valence-corrected chi connectivity index (χ2v) is 4.77. The van der Waals surface area contributed by atoms with Crippen LogP contribution in [0.5, 0.6) is 0 Å². The van der Waals surface area contributed by atoms with Gasteiger partial charge in [-0.25, -0.2) is 0 Å². The summed E-state index contributed by atoms with van der Waals surface area (Å²) >= 11 is 3.56. The average molecular weight is 248 g/mol. The van der Waals surface area contributed by atoms with Crippen molar-refractivity contribution in [1.29, 1.82) is 0 Å². The van der Waals surface area contributed by atoms with E-state index in [9.17, 15) is 0 Å². The molecule has 13 heavy (non-hydrogen) atoms. The molecule has 0 radical (unpaired) electrons. The van der Waals surface area contributed by atoms with Gasteiger partial charge in [0.1, 0.15) is 0 Å². The van der Waals surface area contributed by atoms with Gasteiger partial charge in [0.05, 0.1) is 0 Å². The number of hydrogen-bond donors (Lipinski definition) is 0. The van der Waals surface area contributed by atoms with E-state index in [2.05, 4.69) is 34.7 Å². The fourth-order valence-electron chi connectivity index (χ4n) is 2.24. The van der Waals surface area contributed by atoms with Crippen LogP contribution in [0.15, 0.2) is 0 Å². The standard InChI is InChI=1S/C11H22BrN/c1-3-10(4-2)13(9-8-12)11-6-5-7-11/h10-11H,3-9H2,1-2H3. The van der Waals surface area contributed by atoms with Crippen molar-refractivity contribution < 1.29 is 0 Å². The highest BCUT2D eigenvalue weighted by molar-refractivity contribution is 9.09. The monoisotopic (exact) mass is 247 g/mol. The molecular weight excluding hydrogens is 226 g/mol. The van der Waals surface area contributed by atoms with E-state index in [0.29, 0.717) is 0 Å². The summed E-state index contributed by atoms with van der Waals surface area (Å²) in [7, 11) is 0. The summed E-state index contributed by atoms with van der Waals surface area (Å²) in [5.74, 6) is 0. The summed E-state index contributed by atoms with van der Waals surface area (Å²) < 4.78 is 0. The van der Waals surface area contributed by atoms with Crippen LogP contribution in [-0.2, 0) is 0 Å². The molecule has 1 aliphatic carbocycles. The Balaban J connectivity index is 2.43. The maximum absolute atomic E-state index is 3.56. The summed E-state index contributed by atoms with van der Waals surface area (Å²) in [5.41, 5.74) is 0. The van der Waals surface area contributed by atoms with Crippen molar-refractivity contribution in [1.82, 2.24) is 4.90 Å². The molecule has 0 unspecified atom stereocenters. The fourth-order valence-corrected chi connectivity index (χ4v) is 2.65. The second-order valence-electron chi connectivity index (χ2n) is 3.98. The van der Waals surface area contributed by atoms with E-state index >= 15 is 0 Å². The predicted octanol–water partition coefficient (Wildman–Crippen LogP) is 3.42. The lowest BCUT2D eigenvalue weighted by Crippen LogP contribution is -2.47. The van der Waals surface area contributed by atoms with Crippen molar-refractivity contribution in [3.63, 3.8) is 0 Å². The van der Waals surface area contributed by atoms with Crippen molar-refractivity contribution >= 4 is 15.9 Å². The minimum atomic E-state index is 0.822. The van der Waals surface area contributed by atoms with Gasteiger partial charge in [-0.2, -0.15) is 0 Å². The van der Waals surface area contributed by atoms with Gasteiger partial charge in [-0.3, -0.25) is 4.90 Å². The SMILES string of the molecule is CCC(CC)N(CCBr)C1CCC1. The highest BCUT2D eigenvalue weighted by Gasteiger charge is 2.28. The molecule has 0 atom stereocenters. The van der Waals surface area contributed by atoms with Gasteiger partial charge in [0.15, 0.2) is 0 Å². The lowest BCUT2D eigenvalue weighted by atomic mass is 9.89. The Kier molecular flexibility index (Phi) is 5.34. The average Bonchev–Trinajstić information content (AvgIpc) is 2.04. The third-order valence-electron chi connectivity index (χ3n) is 3.30. The molecule has 1 nitrogen and oxygen atoms in total. The highest BCUT2D eigenvalue weighted by Crippen LogP contribution is 2.28. The normalized spacial score (nSPS) is 18.2. The van der Waals surface area contributed by atoms with Gasteiger partial charge in [-0.05, 0) is 25.7 Å². The third-order valence-corrected chi connectivity index (χ3v) is 3.65. The molecule has 0 aromatic rings. The summed E-state index contributed by atoms with van der Waals surface area (Å²) in [6, 6.07) is 1.73. The van der Waals surface area contributed by atoms with E-state index in [0.717, 1.165) is 17.4 Å². The maximum Gasteiger partial charge on any atom is 0.0159 e. The molecule has 0 amide bonds. The molecule has 1 rings (SSSR count). The molecule has 1 saturated carbocycles. The number of nitrogens with zero attached hydrogens (tertiary/aromatic N) is 1. The van der Waals surface area contributed by atoms with Crippen LogP contribution >= 0.6 is 15.9 Å². The van der Waals surface area contributed by atoms with Gasteiger partial charge in [0, 0.05) is 24.0 Å². The zero-order chi connectivity index (χ0) is 9.68. The maximum atomic E-state index is 3.56. The Hall–Kier alpha value is 0.440. The van der Waals surface area contributed by atoms with Crippen LogP contribution in [0.3, 0.4) is 0 Å². The van der Waals surface area contributed by atoms with Crippen LogP contribution in [0.4, 0.5) is 0 Å². The molecular formula is C11H22BrN. The van der Waals surface area contributed by atoms with E-state index in [1.54, 1.807) is 0 Å². The molecule has 78 valence electrons. The molecule has 0 spiro atoms. The number of hydrogen-bond acceptors (Lipinski definition) is 1. The van der Waals surface area contributed by atoms with E-state index in [-0.39, 0.29) is 0 Å². The molecule has 0 aromatic heterocycles. The minimum Gasteiger partial charge on any atom is -0.297 e. The number of halogens is 1. The van der Waals surface area contributed by atoms with Crippen LogP contribution in [0.25, 0.3) is 0 Å². The summed E-state index contributed by atoms with van der Waals surface area (Å²) in [6.45, 7) is 5.86. The molecule has 1 aliphatic rings.